The van der Waals surface area contributed by atoms with Gasteiger partial charge in [0.2, 0.25) is 0 Å². The van der Waals surface area contributed by atoms with Gasteiger partial charge < -0.3 is 5.32 Å². The van der Waals surface area contributed by atoms with Crippen molar-refractivity contribution in [2.24, 2.45) is 4.99 Å². The quantitative estimate of drug-likeness (QED) is 0.760. The highest BCUT2D eigenvalue weighted by Gasteiger charge is 2.06. The molecule has 0 aliphatic rings. The van der Waals surface area contributed by atoms with Gasteiger partial charge in [-0.1, -0.05) is 43.3 Å². The molecule has 2 nitrogen and oxygen atoms in total. The lowest BCUT2D eigenvalue weighted by Crippen LogP contribution is -2.15. The maximum Gasteiger partial charge on any atom is 0.0629 e. The van der Waals surface area contributed by atoms with Crippen LogP contribution in [0.25, 0.3) is 0 Å². The molecule has 1 unspecified atom stereocenters. The van der Waals surface area contributed by atoms with Gasteiger partial charge >= 0.3 is 0 Å². The minimum atomic E-state index is 0.458. The molecular weight excluding hydrogens is 244 g/mol. The van der Waals surface area contributed by atoms with Crippen molar-refractivity contribution < 1.29 is 0 Å². The van der Waals surface area contributed by atoms with E-state index in [2.05, 4.69) is 49.3 Å². The monoisotopic (exact) mass is 266 g/mol. The van der Waals surface area contributed by atoms with Gasteiger partial charge in [0, 0.05) is 23.5 Å². The van der Waals surface area contributed by atoms with Crippen LogP contribution in [0.5, 0.6) is 0 Å². The number of rotatable bonds is 5. The molecule has 2 heteroatoms. The van der Waals surface area contributed by atoms with E-state index in [1.54, 1.807) is 0 Å². The third-order valence-corrected chi connectivity index (χ3v) is 3.42. The largest absolute Gasteiger partial charge is 0.382 e. The molecule has 0 saturated heterocycles. The number of benzene rings is 2. The average molecular weight is 266 g/mol. The van der Waals surface area contributed by atoms with Crippen LogP contribution in [0.3, 0.4) is 0 Å². The number of aryl methyl sites for hydroxylation is 1. The number of nitrogens with zero attached hydrogens (tertiary/aromatic N) is 1. The van der Waals surface area contributed by atoms with Crippen LogP contribution in [-0.4, -0.2) is 12.3 Å². The highest BCUT2D eigenvalue weighted by atomic mass is 14.9. The molecule has 0 saturated carbocycles. The molecule has 0 aliphatic heterocycles. The lowest BCUT2D eigenvalue weighted by Gasteiger charge is -2.17. The van der Waals surface area contributed by atoms with E-state index >= 15 is 0 Å². The summed E-state index contributed by atoms with van der Waals surface area (Å²) in [5.41, 5.74) is 4.54. The van der Waals surface area contributed by atoms with Crippen molar-refractivity contribution in [1.29, 1.82) is 0 Å². The first-order valence-corrected chi connectivity index (χ1v) is 7.16. The minimum Gasteiger partial charge on any atom is -0.382 e. The van der Waals surface area contributed by atoms with Crippen LogP contribution in [0.15, 0.2) is 53.5 Å². The Hall–Kier alpha value is -2.09. The van der Waals surface area contributed by atoms with Gasteiger partial charge in [-0.15, -0.1) is 0 Å². The van der Waals surface area contributed by atoms with E-state index in [1.165, 1.54) is 11.3 Å². The SMILES string of the molecule is CCC(C)Nc1c(C)cccc1C=Nc1ccccc1. The molecule has 20 heavy (non-hydrogen) atoms. The summed E-state index contributed by atoms with van der Waals surface area (Å²) in [6.07, 6.45) is 3.04. The zero-order valence-electron chi connectivity index (χ0n) is 12.4. The summed E-state index contributed by atoms with van der Waals surface area (Å²) >= 11 is 0. The highest BCUT2D eigenvalue weighted by molar-refractivity contribution is 5.90. The first-order valence-electron chi connectivity index (χ1n) is 7.16. The van der Waals surface area contributed by atoms with Crippen LogP contribution < -0.4 is 5.32 Å². The van der Waals surface area contributed by atoms with E-state index in [1.807, 2.05) is 36.5 Å². The van der Waals surface area contributed by atoms with Crippen molar-refractivity contribution in [2.75, 3.05) is 5.32 Å². The standard InChI is InChI=1S/C18H22N2/c1-4-15(3)20-18-14(2)9-8-10-16(18)13-19-17-11-6-5-7-12-17/h5-13,15,20H,4H2,1-3H3. The molecule has 2 aromatic carbocycles. The minimum absolute atomic E-state index is 0.458. The average Bonchev–Trinajstić information content (AvgIpc) is 2.48. The second kappa shape index (κ2) is 6.90. The second-order valence-electron chi connectivity index (χ2n) is 5.09. The Morgan fingerprint density at radius 2 is 1.85 bits per heavy atom. The van der Waals surface area contributed by atoms with Gasteiger partial charge in [-0.05, 0) is 38.0 Å². The highest BCUT2D eigenvalue weighted by Crippen LogP contribution is 2.21. The topological polar surface area (TPSA) is 24.4 Å². The lowest BCUT2D eigenvalue weighted by atomic mass is 10.1. The van der Waals surface area contributed by atoms with E-state index in [0.717, 1.165) is 17.7 Å². The third kappa shape index (κ3) is 3.70. The van der Waals surface area contributed by atoms with Crippen LogP contribution in [0.4, 0.5) is 11.4 Å². The molecule has 0 amide bonds. The summed E-state index contributed by atoms with van der Waals surface area (Å²) in [4.78, 5) is 4.55. The number of hydrogen-bond donors (Lipinski definition) is 1. The molecule has 1 N–H and O–H groups in total. The van der Waals surface area contributed by atoms with Crippen molar-refractivity contribution in [3.63, 3.8) is 0 Å². The third-order valence-electron chi connectivity index (χ3n) is 3.42. The number of hydrogen-bond acceptors (Lipinski definition) is 2. The summed E-state index contributed by atoms with van der Waals surface area (Å²) in [7, 11) is 0. The van der Waals surface area contributed by atoms with Gasteiger partial charge in [0.15, 0.2) is 0 Å². The van der Waals surface area contributed by atoms with E-state index in [9.17, 15) is 0 Å². The molecule has 0 aromatic heterocycles. The smallest absolute Gasteiger partial charge is 0.0629 e. The molecule has 2 aromatic rings. The van der Waals surface area contributed by atoms with Gasteiger partial charge in [-0.2, -0.15) is 0 Å². The fourth-order valence-electron chi connectivity index (χ4n) is 2.00. The van der Waals surface area contributed by atoms with Gasteiger partial charge in [0.25, 0.3) is 0 Å². The van der Waals surface area contributed by atoms with Crippen molar-refractivity contribution in [2.45, 2.75) is 33.2 Å². The number of aliphatic imine (C=N–C) groups is 1. The summed E-state index contributed by atoms with van der Waals surface area (Å²) < 4.78 is 0. The molecular formula is C18H22N2. The molecule has 2 rings (SSSR count). The van der Waals surface area contributed by atoms with Crippen LogP contribution in [0.2, 0.25) is 0 Å². The zero-order chi connectivity index (χ0) is 14.4. The van der Waals surface area contributed by atoms with Gasteiger partial charge in [-0.3, -0.25) is 4.99 Å². The lowest BCUT2D eigenvalue weighted by molar-refractivity contribution is 0.763. The summed E-state index contributed by atoms with van der Waals surface area (Å²) in [6.45, 7) is 6.52. The Morgan fingerprint density at radius 3 is 2.55 bits per heavy atom. The Balaban J connectivity index is 2.27. The van der Waals surface area contributed by atoms with Crippen LogP contribution in [0, 0.1) is 6.92 Å². The Kier molecular flexibility index (Phi) is 4.94. The van der Waals surface area contributed by atoms with Crippen molar-refractivity contribution in [3.8, 4) is 0 Å². The maximum atomic E-state index is 4.55. The van der Waals surface area contributed by atoms with Crippen LogP contribution >= 0.6 is 0 Å². The van der Waals surface area contributed by atoms with E-state index in [-0.39, 0.29) is 0 Å². The van der Waals surface area contributed by atoms with E-state index in [0.29, 0.717) is 6.04 Å². The fraction of sp³-hybridized carbons (Fsp3) is 0.278. The van der Waals surface area contributed by atoms with Crippen molar-refractivity contribution in [3.05, 3.63) is 59.7 Å². The van der Waals surface area contributed by atoms with Gasteiger partial charge in [0.05, 0.1) is 5.69 Å². The maximum absolute atomic E-state index is 4.55. The Morgan fingerprint density at radius 1 is 1.10 bits per heavy atom. The molecule has 0 radical (unpaired) electrons. The summed E-state index contributed by atoms with van der Waals surface area (Å²) in [5.74, 6) is 0. The molecule has 0 fully saturated rings. The first-order chi connectivity index (χ1) is 9.70. The molecule has 0 aliphatic carbocycles. The van der Waals surface area contributed by atoms with Crippen molar-refractivity contribution >= 4 is 17.6 Å². The Bertz CT molecular complexity index is 573. The first kappa shape index (κ1) is 14.3. The van der Waals surface area contributed by atoms with Crippen molar-refractivity contribution in [1.82, 2.24) is 0 Å². The zero-order valence-corrected chi connectivity index (χ0v) is 12.4. The number of nitrogens with one attached hydrogen (secondary N) is 1. The Labute approximate surface area is 121 Å². The number of anilines is 1. The van der Waals surface area contributed by atoms with E-state index < -0.39 is 0 Å². The molecule has 1 atom stereocenters. The van der Waals surface area contributed by atoms with Crippen LogP contribution in [-0.2, 0) is 0 Å². The normalized spacial score (nSPS) is 12.6. The molecule has 0 bridgehead atoms. The molecule has 0 heterocycles. The van der Waals surface area contributed by atoms with E-state index in [4.69, 9.17) is 0 Å². The molecule has 0 spiro atoms. The van der Waals surface area contributed by atoms with Gasteiger partial charge in [-0.25, -0.2) is 0 Å². The number of para-hydroxylation sites is 2. The second-order valence-corrected chi connectivity index (χ2v) is 5.09. The molecule has 104 valence electrons. The predicted molar refractivity (Wildman–Crippen MR) is 88.3 cm³/mol. The fourth-order valence-corrected chi connectivity index (χ4v) is 2.00. The summed E-state index contributed by atoms with van der Waals surface area (Å²) in [6, 6.07) is 16.8. The van der Waals surface area contributed by atoms with Gasteiger partial charge in [0.1, 0.15) is 0 Å². The summed E-state index contributed by atoms with van der Waals surface area (Å²) in [5, 5.41) is 3.57. The van der Waals surface area contributed by atoms with Crippen LogP contribution in [0.1, 0.15) is 31.4 Å². The predicted octanol–water partition coefficient (Wildman–Crippen LogP) is 4.96.